The van der Waals surface area contributed by atoms with Crippen molar-refractivity contribution >= 4 is 34.5 Å². The summed E-state index contributed by atoms with van der Waals surface area (Å²) < 4.78 is 13.5. The van der Waals surface area contributed by atoms with Gasteiger partial charge in [-0.15, -0.1) is 0 Å². The van der Waals surface area contributed by atoms with Crippen LogP contribution in [-0.4, -0.2) is 5.84 Å². The molecule has 2 aromatic rings. The summed E-state index contributed by atoms with van der Waals surface area (Å²) in [5, 5.41) is 3.13. The molecule has 3 N–H and O–H groups in total. The van der Waals surface area contributed by atoms with E-state index in [-0.39, 0.29) is 5.02 Å². The number of nitrogens with one attached hydrogen (secondary N) is 1. The maximum absolute atomic E-state index is 13.5. The minimum absolute atomic E-state index is 0.0260. The predicted molar refractivity (Wildman–Crippen MR) is 71.5 cm³/mol. The Morgan fingerprint density at radius 3 is 2.78 bits per heavy atom. The van der Waals surface area contributed by atoms with Crippen LogP contribution in [0.4, 0.5) is 21.5 Å². The largest absolute Gasteiger partial charge is 0.383 e. The van der Waals surface area contributed by atoms with Gasteiger partial charge < -0.3 is 11.1 Å². The van der Waals surface area contributed by atoms with Gasteiger partial charge in [-0.1, -0.05) is 23.7 Å². The fourth-order valence-electron chi connectivity index (χ4n) is 1.88. The highest BCUT2D eigenvalue weighted by atomic mass is 35.5. The van der Waals surface area contributed by atoms with Gasteiger partial charge in [0.05, 0.1) is 16.4 Å². The van der Waals surface area contributed by atoms with Gasteiger partial charge in [-0.25, -0.2) is 9.38 Å². The molecule has 0 bridgehead atoms. The van der Waals surface area contributed by atoms with Crippen LogP contribution in [0.2, 0.25) is 5.02 Å². The second-order valence-electron chi connectivity index (χ2n) is 3.95. The third-order valence-corrected chi connectivity index (χ3v) is 3.04. The fourth-order valence-corrected chi connectivity index (χ4v) is 2.04. The van der Waals surface area contributed by atoms with Crippen LogP contribution in [-0.2, 0) is 0 Å². The Kier molecular flexibility index (Phi) is 2.45. The molecule has 0 fully saturated rings. The van der Waals surface area contributed by atoms with Crippen LogP contribution in [0.3, 0.4) is 0 Å². The normalized spacial score (nSPS) is 12.9. The van der Waals surface area contributed by atoms with Crippen molar-refractivity contribution in [1.82, 2.24) is 0 Å². The molecule has 0 radical (unpaired) electrons. The Balaban J connectivity index is 2.25. The first-order valence-electron chi connectivity index (χ1n) is 5.35. The van der Waals surface area contributed by atoms with Crippen molar-refractivity contribution in [3.8, 4) is 0 Å². The van der Waals surface area contributed by atoms with Crippen molar-refractivity contribution in [2.24, 2.45) is 10.7 Å². The van der Waals surface area contributed by atoms with Crippen LogP contribution in [0.1, 0.15) is 5.56 Å². The SMILES string of the molecule is NC1=Nc2cc(Cl)c(F)cc2Nc2ccccc21. The molecule has 18 heavy (non-hydrogen) atoms. The lowest BCUT2D eigenvalue weighted by atomic mass is 10.1. The van der Waals surface area contributed by atoms with Crippen molar-refractivity contribution in [3.63, 3.8) is 0 Å². The molecule has 0 saturated carbocycles. The molecule has 0 saturated heterocycles. The Hall–Kier alpha value is -2.07. The van der Waals surface area contributed by atoms with Gasteiger partial charge in [-0.2, -0.15) is 0 Å². The predicted octanol–water partition coefficient (Wildman–Crippen LogP) is 3.57. The molecule has 1 heterocycles. The lowest BCUT2D eigenvalue weighted by Crippen LogP contribution is -2.13. The molecule has 90 valence electrons. The van der Waals surface area contributed by atoms with E-state index in [1.807, 2.05) is 24.3 Å². The average molecular weight is 262 g/mol. The van der Waals surface area contributed by atoms with Gasteiger partial charge in [0.2, 0.25) is 0 Å². The van der Waals surface area contributed by atoms with Crippen molar-refractivity contribution in [2.45, 2.75) is 0 Å². The summed E-state index contributed by atoms with van der Waals surface area (Å²) in [6.45, 7) is 0. The Morgan fingerprint density at radius 2 is 1.94 bits per heavy atom. The zero-order valence-electron chi connectivity index (χ0n) is 9.24. The van der Waals surface area contributed by atoms with E-state index < -0.39 is 5.82 Å². The summed E-state index contributed by atoms with van der Waals surface area (Å²) >= 11 is 5.75. The Labute approximate surface area is 108 Å². The molecule has 0 atom stereocenters. The van der Waals surface area contributed by atoms with Gasteiger partial charge >= 0.3 is 0 Å². The molecule has 0 aromatic heterocycles. The number of fused-ring (bicyclic) bond motifs is 2. The van der Waals surface area contributed by atoms with Crippen molar-refractivity contribution in [2.75, 3.05) is 5.32 Å². The Morgan fingerprint density at radius 1 is 1.17 bits per heavy atom. The number of aliphatic imine (C=N–C) groups is 1. The minimum Gasteiger partial charge on any atom is -0.383 e. The second kappa shape index (κ2) is 3.99. The second-order valence-corrected chi connectivity index (χ2v) is 4.36. The number of hydrogen-bond donors (Lipinski definition) is 2. The standard InChI is InChI=1S/C13H9ClFN3/c14-8-5-11-12(6-9(8)15)17-10-4-2-1-3-7(10)13(16)18-11/h1-6,17H,(H2,16,18). The third-order valence-electron chi connectivity index (χ3n) is 2.75. The van der Waals surface area contributed by atoms with Gasteiger partial charge in [0.1, 0.15) is 11.7 Å². The quantitative estimate of drug-likeness (QED) is 0.762. The van der Waals surface area contributed by atoms with Crippen LogP contribution in [0.5, 0.6) is 0 Å². The first kappa shape index (κ1) is 11.0. The summed E-state index contributed by atoms with van der Waals surface area (Å²) in [4.78, 5) is 4.26. The monoisotopic (exact) mass is 261 g/mol. The molecule has 1 aliphatic heterocycles. The number of rotatable bonds is 0. The summed E-state index contributed by atoms with van der Waals surface area (Å²) in [7, 11) is 0. The number of anilines is 2. The van der Waals surface area contributed by atoms with E-state index in [2.05, 4.69) is 10.3 Å². The first-order valence-corrected chi connectivity index (χ1v) is 5.72. The lowest BCUT2D eigenvalue weighted by molar-refractivity contribution is 0.629. The molecule has 0 amide bonds. The van der Waals surface area contributed by atoms with Crippen molar-refractivity contribution < 1.29 is 4.39 Å². The van der Waals surface area contributed by atoms with E-state index in [0.29, 0.717) is 17.2 Å². The van der Waals surface area contributed by atoms with Gasteiger partial charge in [0.25, 0.3) is 0 Å². The molecule has 5 heteroatoms. The molecular weight excluding hydrogens is 253 g/mol. The van der Waals surface area contributed by atoms with E-state index in [9.17, 15) is 4.39 Å². The van der Waals surface area contributed by atoms with Crippen molar-refractivity contribution in [3.05, 3.63) is 52.8 Å². The maximum Gasteiger partial charge on any atom is 0.144 e. The number of amidine groups is 1. The van der Waals surface area contributed by atoms with Gasteiger partial charge in [0.15, 0.2) is 0 Å². The highest BCUT2D eigenvalue weighted by Crippen LogP contribution is 2.36. The summed E-state index contributed by atoms with van der Waals surface area (Å²) in [6.07, 6.45) is 0. The number of nitrogens with zero attached hydrogens (tertiary/aromatic N) is 1. The van der Waals surface area contributed by atoms with Crippen LogP contribution in [0, 0.1) is 5.82 Å². The maximum atomic E-state index is 13.5. The molecule has 3 rings (SSSR count). The van der Waals surface area contributed by atoms with Gasteiger partial charge in [0, 0.05) is 17.3 Å². The molecule has 2 aromatic carbocycles. The first-order chi connectivity index (χ1) is 8.65. The number of nitrogens with two attached hydrogens (primary N) is 1. The highest BCUT2D eigenvalue weighted by Gasteiger charge is 2.15. The van der Waals surface area contributed by atoms with E-state index in [0.717, 1.165) is 11.3 Å². The Bertz CT molecular complexity index is 667. The van der Waals surface area contributed by atoms with E-state index in [1.54, 1.807) is 0 Å². The number of para-hydroxylation sites is 1. The van der Waals surface area contributed by atoms with E-state index >= 15 is 0 Å². The molecule has 3 nitrogen and oxygen atoms in total. The lowest BCUT2D eigenvalue weighted by Gasteiger charge is -2.09. The summed E-state index contributed by atoms with van der Waals surface area (Å²) in [5.41, 5.74) is 8.57. The number of benzene rings is 2. The smallest absolute Gasteiger partial charge is 0.144 e. The minimum atomic E-state index is -0.490. The topological polar surface area (TPSA) is 50.4 Å². The van der Waals surface area contributed by atoms with Crippen LogP contribution in [0.25, 0.3) is 0 Å². The fraction of sp³-hybridized carbons (Fsp3) is 0. The van der Waals surface area contributed by atoms with Crippen LogP contribution in [0.15, 0.2) is 41.4 Å². The third kappa shape index (κ3) is 1.71. The van der Waals surface area contributed by atoms with Gasteiger partial charge in [-0.05, 0) is 18.2 Å². The van der Waals surface area contributed by atoms with Gasteiger partial charge in [-0.3, -0.25) is 0 Å². The summed E-state index contributed by atoms with van der Waals surface area (Å²) in [5.74, 6) is -0.115. The number of hydrogen-bond acceptors (Lipinski definition) is 3. The highest BCUT2D eigenvalue weighted by molar-refractivity contribution is 6.31. The zero-order chi connectivity index (χ0) is 12.7. The molecular formula is C13H9ClFN3. The summed E-state index contributed by atoms with van der Waals surface area (Å²) in [6, 6.07) is 10.2. The molecule has 1 aliphatic rings. The van der Waals surface area contributed by atoms with E-state index in [4.69, 9.17) is 17.3 Å². The molecule has 0 unspecified atom stereocenters. The zero-order valence-corrected chi connectivity index (χ0v) is 10.0. The van der Waals surface area contributed by atoms with Crippen LogP contribution >= 0.6 is 11.6 Å². The molecule has 0 aliphatic carbocycles. The van der Waals surface area contributed by atoms with Crippen molar-refractivity contribution in [1.29, 1.82) is 0 Å². The van der Waals surface area contributed by atoms with E-state index in [1.165, 1.54) is 12.1 Å². The number of halogens is 2. The van der Waals surface area contributed by atoms with Crippen LogP contribution < -0.4 is 11.1 Å². The molecule has 0 spiro atoms. The average Bonchev–Trinajstić information content (AvgIpc) is 2.48.